The summed E-state index contributed by atoms with van der Waals surface area (Å²) in [5, 5.41) is 27.5. The minimum Gasteiger partial charge on any atom is -0.455 e. The summed E-state index contributed by atoms with van der Waals surface area (Å²) < 4.78 is 18.6. The van der Waals surface area contributed by atoms with Crippen molar-refractivity contribution in [3.8, 4) is 0 Å². The number of aliphatic hydroxyl groups excluding tert-OH is 3. The maximum Gasteiger partial charge on any atom is 0.469 e. The van der Waals surface area contributed by atoms with E-state index < -0.39 is 44.8 Å². The molecule has 0 radical (unpaired) electrons. The van der Waals surface area contributed by atoms with Crippen LogP contribution in [0, 0.1) is 0 Å². The van der Waals surface area contributed by atoms with Crippen LogP contribution in [0.4, 0.5) is 0 Å². The number of hydrogen-bond donors (Lipinski definition) is 5. The van der Waals surface area contributed by atoms with Gasteiger partial charge in [0, 0.05) is 0 Å². The van der Waals surface area contributed by atoms with Gasteiger partial charge in [0.05, 0.1) is 6.61 Å². The van der Waals surface area contributed by atoms with Gasteiger partial charge in [0.25, 0.3) is 0 Å². The Hall–Kier alpha value is -0.540. The van der Waals surface area contributed by atoms with Gasteiger partial charge in [-0.2, -0.15) is 0 Å². The van der Waals surface area contributed by atoms with E-state index in [4.69, 9.17) is 14.9 Å². The second-order valence-electron chi connectivity index (χ2n) is 3.19. The smallest absolute Gasteiger partial charge is 0.455 e. The van der Waals surface area contributed by atoms with E-state index in [-0.39, 0.29) is 0 Å². The Morgan fingerprint density at radius 2 is 2.00 bits per heavy atom. The van der Waals surface area contributed by atoms with E-state index in [1.165, 1.54) is 0 Å². The minimum absolute atomic E-state index is 0.841. The van der Waals surface area contributed by atoms with Crippen LogP contribution in [0.2, 0.25) is 0 Å². The molecule has 0 aromatic rings. The molecule has 1 heterocycles. The molecule has 10 heteroatoms. The Kier molecular flexibility index (Phi) is 4.02. The standard InChI is InChI=1S/C6H11O9P/c7-2(1-14-16(11,12)13)5-3(8)4(9)6(10)15-5/h2-5,7-9H,1H2,(H2,11,12,13)/t2?,3-,4-,5-/m1/s1. The van der Waals surface area contributed by atoms with Crippen molar-refractivity contribution in [2.75, 3.05) is 6.61 Å². The van der Waals surface area contributed by atoms with Crippen molar-refractivity contribution in [3.63, 3.8) is 0 Å². The van der Waals surface area contributed by atoms with Gasteiger partial charge in [-0.05, 0) is 0 Å². The molecular weight excluding hydrogens is 247 g/mol. The first kappa shape index (κ1) is 13.5. The lowest BCUT2D eigenvalue weighted by molar-refractivity contribution is -0.151. The Balaban J connectivity index is 2.52. The molecule has 5 N–H and O–H groups in total. The van der Waals surface area contributed by atoms with Gasteiger partial charge in [-0.3, -0.25) is 4.52 Å². The Morgan fingerprint density at radius 1 is 1.44 bits per heavy atom. The van der Waals surface area contributed by atoms with Gasteiger partial charge in [-0.15, -0.1) is 0 Å². The van der Waals surface area contributed by atoms with Crippen LogP contribution in [0.25, 0.3) is 0 Å². The Morgan fingerprint density at radius 3 is 2.38 bits per heavy atom. The molecule has 0 aromatic carbocycles. The molecule has 0 aliphatic carbocycles. The van der Waals surface area contributed by atoms with Gasteiger partial charge in [-0.25, -0.2) is 9.36 Å². The zero-order valence-corrected chi connectivity index (χ0v) is 8.73. The van der Waals surface area contributed by atoms with Crippen molar-refractivity contribution < 1.29 is 43.7 Å². The van der Waals surface area contributed by atoms with Gasteiger partial charge >= 0.3 is 13.8 Å². The molecule has 1 aliphatic heterocycles. The zero-order chi connectivity index (χ0) is 12.5. The average Bonchev–Trinajstić information content (AvgIpc) is 2.41. The molecule has 0 spiro atoms. The van der Waals surface area contributed by atoms with E-state index in [1.807, 2.05) is 0 Å². The second-order valence-corrected chi connectivity index (χ2v) is 4.43. The molecule has 1 rings (SSSR count). The number of carbonyl (C=O) groups is 1. The summed E-state index contributed by atoms with van der Waals surface area (Å²) in [6.45, 7) is -0.841. The predicted molar refractivity (Wildman–Crippen MR) is 45.9 cm³/mol. The second kappa shape index (κ2) is 4.76. The van der Waals surface area contributed by atoms with E-state index in [0.29, 0.717) is 0 Å². The van der Waals surface area contributed by atoms with Crippen molar-refractivity contribution in [2.24, 2.45) is 0 Å². The first-order valence-electron chi connectivity index (χ1n) is 4.17. The number of rotatable bonds is 4. The summed E-state index contributed by atoms with van der Waals surface area (Å²) in [6.07, 6.45) is -6.57. The molecule has 16 heavy (non-hydrogen) atoms. The minimum atomic E-state index is -4.75. The van der Waals surface area contributed by atoms with Crippen molar-refractivity contribution in [2.45, 2.75) is 24.4 Å². The highest BCUT2D eigenvalue weighted by Gasteiger charge is 2.46. The number of hydrogen-bond acceptors (Lipinski definition) is 7. The number of phosphoric acid groups is 1. The average molecular weight is 258 g/mol. The monoisotopic (exact) mass is 258 g/mol. The molecule has 1 saturated heterocycles. The normalized spacial score (nSPS) is 32.6. The molecule has 1 unspecified atom stereocenters. The number of carbonyl (C=O) groups excluding carboxylic acids is 1. The summed E-state index contributed by atoms with van der Waals surface area (Å²) in [7, 11) is -4.75. The first-order valence-corrected chi connectivity index (χ1v) is 5.70. The quantitative estimate of drug-likeness (QED) is 0.264. The summed E-state index contributed by atoms with van der Waals surface area (Å²) in [4.78, 5) is 27.4. The molecule has 94 valence electrons. The Bertz CT molecular complexity index is 311. The topological polar surface area (TPSA) is 154 Å². The summed E-state index contributed by atoms with van der Waals surface area (Å²) >= 11 is 0. The van der Waals surface area contributed by atoms with Gasteiger partial charge in [-0.1, -0.05) is 0 Å². The van der Waals surface area contributed by atoms with E-state index in [1.54, 1.807) is 0 Å². The van der Waals surface area contributed by atoms with E-state index in [2.05, 4.69) is 9.26 Å². The number of phosphoric ester groups is 1. The van der Waals surface area contributed by atoms with Crippen LogP contribution in [0.5, 0.6) is 0 Å². The lowest BCUT2D eigenvalue weighted by Crippen LogP contribution is -2.40. The summed E-state index contributed by atoms with van der Waals surface area (Å²) in [6, 6.07) is 0. The fourth-order valence-electron chi connectivity index (χ4n) is 1.17. The first-order chi connectivity index (χ1) is 7.22. The Labute approximate surface area is 89.5 Å². The van der Waals surface area contributed by atoms with Crippen LogP contribution in [-0.2, 0) is 18.6 Å². The molecule has 1 aliphatic rings. The molecule has 0 aromatic heterocycles. The fourth-order valence-corrected chi connectivity index (χ4v) is 1.51. The van der Waals surface area contributed by atoms with E-state index >= 15 is 0 Å². The van der Waals surface area contributed by atoms with Crippen LogP contribution in [0.3, 0.4) is 0 Å². The van der Waals surface area contributed by atoms with Crippen molar-refractivity contribution in [3.05, 3.63) is 0 Å². The van der Waals surface area contributed by atoms with Crippen LogP contribution >= 0.6 is 7.82 Å². The number of aliphatic hydroxyl groups is 3. The van der Waals surface area contributed by atoms with E-state index in [0.717, 1.165) is 0 Å². The molecular formula is C6H11O9P. The number of ether oxygens (including phenoxy) is 1. The maximum absolute atomic E-state index is 10.8. The fraction of sp³-hybridized carbons (Fsp3) is 0.833. The predicted octanol–water partition coefficient (Wildman–Crippen LogP) is -2.90. The number of esters is 1. The molecule has 0 saturated carbocycles. The van der Waals surface area contributed by atoms with Crippen LogP contribution in [-0.4, -0.2) is 62.1 Å². The van der Waals surface area contributed by atoms with E-state index in [9.17, 15) is 19.6 Å². The molecule has 0 bridgehead atoms. The third-order valence-electron chi connectivity index (χ3n) is 1.95. The third kappa shape index (κ3) is 3.22. The molecule has 1 fully saturated rings. The lowest BCUT2D eigenvalue weighted by Gasteiger charge is -2.19. The van der Waals surface area contributed by atoms with Gasteiger partial charge in [0.2, 0.25) is 0 Å². The highest BCUT2D eigenvalue weighted by molar-refractivity contribution is 7.46. The zero-order valence-electron chi connectivity index (χ0n) is 7.83. The molecule has 9 nitrogen and oxygen atoms in total. The molecule has 4 atom stereocenters. The van der Waals surface area contributed by atoms with Gasteiger partial charge < -0.3 is 29.8 Å². The summed E-state index contributed by atoms with van der Waals surface area (Å²) in [5.41, 5.74) is 0. The lowest BCUT2D eigenvalue weighted by atomic mass is 10.1. The van der Waals surface area contributed by atoms with Crippen molar-refractivity contribution in [1.29, 1.82) is 0 Å². The van der Waals surface area contributed by atoms with Crippen molar-refractivity contribution in [1.82, 2.24) is 0 Å². The number of cyclic esters (lactones) is 1. The largest absolute Gasteiger partial charge is 0.469 e. The van der Waals surface area contributed by atoms with Gasteiger partial charge in [0.1, 0.15) is 12.2 Å². The SMILES string of the molecule is O=C1O[C@H](C(O)COP(=O)(O)O)[C@H](O)[C@H]1O. The highest BCUT2D eigenvalue weighted by atomic mass is 31.2. The van der Waals surface area contributed by atoms with Crippen molar-refractivity contribution >= 4 is 13.8 Å². The summed E-state index contributed by atoms with van der Waals surface area (Å²) in [5.74, 6) is -1.12. The molecule has 0 amide bonds. The van der Waals surface area contributed by atoms with Gasteiger partial charge in [0.15, 0.2) is 12.2 Å². The maximum atomic E-state index is 10.8. The highest BCUT2D eigenvalue weighted by Crippen LogP contribution is 2.36. The van der Waals surface area contributed by atoms with Crippen LogP contribution in [0.15, 0.2) is 0 Å². The van der Waals surface area contributed by atoms with Crippen LogP contribution < -0.4 is 0 Å². The van der Waals surface area contributed by atoms with Crippen LogP contribution in [0.1, 0.15) is 0 Å². The third-order valence-corrected chi connectivity index (χ3v) is 2.43.